The zero-order chi connectivity index (χ0) is 16.7. The predicted molar refractivity (Wildman–Crippen MR) is 92.9 cm³/mol. The number of amides is 3. The third-order valence-corrected chi connectivity index (χ3v) is 3.44. The van der Waals surface area contributed by atoms with E-state index in [0.29, 0.717) is 10.7 Å². The van der Waals surface area contributed by atoms with Crippen molar-refractivity contribution in [2.45, 2.75) is 13.3 Å². The van der Waals surface area contributed by atoms with Gasteiger partial charge in [0.15, 0.2) is 0 Å². The van der Waals surface area contributed by atoms with E-state index in [4.69, 9.17) is 11.6 Å². The first kappa shape index (κ1) is 16.8. The van der Waals surface area contributed by atoms with Crippen LogP contribution in [0.3, 0.4) is 0 Å². The van der Waals surface area contributed by atoms with Crippen molar-refractivity contribution in [1.82, 2.24) is 5.32 Å². The molecule has 5 nitrogen and oxygen atoms in total. The van der Waals surface area contributed by atoms with E-state index in [1.807, 2.05) is 31.2 Å². The first-order valence-electron chi connectivity index (χ1n) is 7.26. The van der Waals surface area contributed by atoms with Gasteiger partial charge in [-0.3, -0.25) is 4.79 Å². The molecular formula is C17H18ClN3O2. The van der Waals surface area contributed by atoms with Gasteiger partial charge in [-0.15, -0.1) is 0 Å². The average molecular weight is 332 g/mol. The van der Waals surface area contributed by atoms with E-state index in [9.17, 15) is 9.59 Å². The molecule has 0 aliphatic heterocycles. The van der Waals surface area contributed by atoms with Gasteiger partial charge in [-0.1, -0.05) is 36.7 Å². The van der Waals surface area contributed by atoms with Crippen LogP contribution >= 0.6 is 11.6 Å². The molecule has 0 spiro atoms. The molecule has 0 unspecified atom stereocenters. The van der Waals surface area contributed by atoms with Gasteiger partial charge in [-0.2, -0.15) is 0 Å². The normalized spacial score (nSPS) is 10.0. The number of carbonyl (C=O) groups excluding carboxylic acids is 2. The molecule has 3 amide bonds. The molecule has 0 heterocycles. The second-order valence-corrected chi connectivity index (χ2v) is 5.31. The van der Waals surface area contributed by atoms with Gasteiger partial charge in [-0.05, 0) is 42.3 Å². The molecule has 0 aliphatic rings. The van der Waals surface area contributed by atoms with Crippen molar-refractivity contribution in [3.8, 4) is 0 Å². The lowest BCUT2D eigenvalue weighted by atomic mass is 10.1. The molecular weight excluding hydrogens is 314 g/mol. The van der Waals surface area contributed by atoms with Crippen molar-refractivity contribution in [2.24, 2.45) is 0 Å². The third kappa shape index (κ3) is 5.30. The Hall–Kier alpha value is -2.53. The minimum Gasteiger partial charge on any atom is -0.329 e. The summed E-state index contributed by atoms with van der Waals surface area (Å²) in [4.78, 5) is 23.7. The third-order valence-electron chi connectivity index (χ3n) is 3.18. The van der Waals surface area contributed by atoms with E-state index in [-0.39, 0.29) is 12.5 Å². The highest BCUT2D eigenvalue weighted by atomic mass is 35.5. The van der Waals surface area contributed by atoms with E-state index in [1.54, 1.807) is 24.3 Å². The summed E-state index contributed by atoms with van der Waals surface area (Å²) in [6, 6.07) is 13.8. The molecule has 0 aromatic heterocycles. The number of anilines is 2. The van der Waals surface area contributed by atoms with Gasteiger partial charge >= 0.3 is 6.03 Å². The lowest BCUT2D eigenvalue weighted by Crippen LogP contribution is -2.35. The van der Waals surface area contributed by atoms with E-state index in [0.717, 1.165) is 17.7 Å². The molecule has 6 heteroatoms. The number of benzene rings is 2. The van der Waals surface area contributed by atoms with Gasteiger partial charge in [0.05, 0.1) is 6.54 Å². The first-order valence-corrected chi connectivity index (χ1v) is 7.64. The fraction of sp³-hybridized carbons (Fsp3) is 0.176. The van der Waals surface area contributed by atoms with Crippen LogP contribution < -0.4 is 16.0 Å². The second-order valence-electron chi connectivity index (χ2n) is 4.87. The van der Waals surface area contributed by atoms with Crippen LogP contribution in [0.5, 0.6) is 0 Å². The molecule has 0 radical (unpaired) electrons. The summed E-state index contributed by atoms with van der Waals surface area (Å²) in [5.41, 5.74) is 2.41. The van der Waals surface area contributed by atoms with Crippen molar-refractivity contribution in [1.29, 1.82) is 0 Å². The number of hydrogen-bond acceptors (Lipinski definition) is 2. The Morgan fingerprint density at radius 1 is 1.00 bits per heavy atom. The van der Waals surface area contributed by atoms with Gasteiger partial charge < -0.3 is 16.0 Å². The van der Waals surface area contributed by atoms with Crippen molar-refractivity contribution in [2.75, 3.05) is 17.2 Å². The Morgan fingerprint density at radius 3 is 2.39 bits per heavy atom. The zero-order valence-electron chi connectivity index (χ0n) is 12.7. The Balaban J connectivity index is 1.82. The topological polar surface area (TPSA) is 70.2 Å². The lowest BCUT2D eigenvalue weighted by molar-refractivity contribution is -0.115. The zero-order valence-corrected chi connectivity index (χ0v) is 13.5. The molecule has 2 aromatic rings. The standard InChI is InChI=1S/C17H18ClN3O2/c1-2-12-5-3-4-6-15(12)21-16(22)11-19-17(23)20-14-9-7-13(18)8-10-14/h3-10H,2,11H2,1H3,(H,21,22)(H2,19,20,23). The van der Waals surface area contributed by atoms with Crippen LogP contribution in [0.1, 0.15) is 12.5 Å². The summed E-state index contributed by atoms with van der Waals surface area (Å²) in [6.07, 6.45) is 0.820. The molecule has 0 atom stereocenters. The number of urea groups is 1. The molecule has 23 heavy (non-hydrogen) atoms. The molecule has 0 bridgehead atoms. The minimum atomic E-state index is -0.453. The molecule has 120 valence electrons. The Kier molecular flexibility index (Phi) is 6.00. The fourth-order valence-corrected chi connectivity index (χ4v) is 2.14. The van der Waals surface area contributed by atoms with Crippen LogP contribution in [0.4, 0.5) is 16.2 Å². The first-order chi connectivity index (χ1) is 11.1. The molecule has 0 saturated carbocycles. The Labute approximate surface area is 140 Å². The number of hydrogen-bond donors (Lipinski definition) is 3. The molecule has 2 aromatic carbocycles. The summed E-state index contributed by atoms with van der Waals surface area (Å²) in [6.45, 7) is 1.90. The predicted octanol–water partition coefficient (Wildman–Crippen LogP) is 3.66. The maximum Gasteiger partial charge on any atom is 0.319 e. The van der Waals surface area contributed by atoms with E-state index in [2.05, 4.69) is 16.0 Å². The number of rotatable bonds is 5. The van der Waals surface area contributed by atoms with Gasteiger partial charge in [0.25, 0.3) is 0 Å². The largest absolute Gasteiger partial charge is 0.329 e. The van der Waals surface area contributed by atoms with Crippen LogP contribution in [-0.2, 0) is 11.2 Å². The number of halogens is 1. The molecule has 0 aliphatic carbocycles. The summed E-state index contributed by atoms with van der Waals surface area (Å²) in [7, 11) is 0. The number of carbonyl (C=O) groups is 2. The maximum absolute atomic E-state index is 11.9. The molecule has 0 saturated heterocycles. The Morgan fingerprint density at radius 2 is 1.70 bits per heavy atom. The van der Waals surface area contributed by atoms with E-state index in [1.165, 1.54) is 0 Å². The van der Waals surface area contributed by atoms with Crippen molar-refractivity contribution in [3.63, 3.8) is 0 Å². The number of para-hydroxylation sites is 1. The van der Waals surface area contributed by atoms with Gasteiger partial charge in [0.1, 0.15) is 0 Å². The summed E-state index contributed by atoms with van der Waals surface area (Å²) in [5.74, 6) is -0.280. The molecule has 3 N–H and O–H groups in total. The number of nitrogens with one attached hydrogen (secondary N) is 3. The number of aryl methyl sites for hydroxylation is 1. The highest BCUT2D eigenvalue weighted by Gasteiger charge is 2.08. The SMILES string of the molecule is CCc1ccccc1NC(=O)CNC(=O)Nc1ccc(Cl)cc1. The van der Waals surface area contributed by atoms with Crippen LogP contribution in [0.25, 0.3) is 0 Å². The smallest absolute Gasteiger partial charge is 0.319 e. The van der Waals surface area contributed by atoms with Gasteiger partial charge in [-0.25, -0.2) is 4.79 Å². The second kappa shape index (κ2) is 8.19. The molecule has 2 rings (SSSR count). The lowest BCUT2D eigenvalue weighted by Gasteiger charge is -2.11. The van der Waals surface area contributed by atoms with Gasteiger partial charge in [0.2, 0.25) is 5.91 Å². The minimum absolute atomic E-state index is 0.114. The summed E-state index contributed by atoms with van der Waals surface area (Å²) >= 11 is 5.77. The van der Waals surface area contributed by atoms with E-state index < -0.39 is 6.03 Å². The van der Waals surface area contributed by atoms with Gasteiger partial charge in [0, 0.05) is 16.4 Å². The monoisotopic (exact) mass is 331 g/mol. The highest BCUT2D eigenvalue weighted by Crippen LogP contribution is 2.15. The van der Waals surface area contributed by atoms with Crippen LogP contribution in [0.2, 0.25) is 5.02 Å². The van der Waals surface area contributed by atoms with Crippen molar-refractivity contribution in [3.05, 3.63) is 59.1 Å². The summed E-state index contributed by atoms with van der Waals surface area (Å²) < 4.78 is 0. The average Bonchev–Trinajstić information content (AvgIpc) is 2.55. The van der Waals surface area contributed by atoms with Crippen molar-refractivity contribution >= 4 is 34.9 Å². The van der Waals surface area contributed by atoms with Crippen LogP contribution in [0, 0.1) is 0 Å². The molecule has 0 fully saturated rings. The van der Waals surface area contributed by atoms with E-state index >= 15 is 0 Å². The maximum atomic E-state index is 11.9. The van der Waals surface area contributed by atoms with Crippen LogP contribution in [0.15, 0.2) is 48.5 Å². The highest BCUT2D eigenvalue weighted by molar-refractivity contribution is 6.30. The summed E-state index contributed by atoms with van der Waals surface area (Å²) in [5, 5.41) is 8.51. The quantitative estimate of drug-likeness (QED) is 0.782. The van der Waals surface area contributed by atoms with Crippen LogP contribution in [-0.4, -0.2) is 18.5 Å². The Bertz CT molecular complexity index is 686. The van der Waals surface area contributed by atoms with Crippen molar-refractivity contribution < 1.29 is 9.59 Å². The fourth-order valence-electron chi connectivity index (χ4n) is 2.01.